The number of benzene rings is 3. The van der Waals surface area contributed by atoms with Crippen LogP contribution in [0.15, 0.2) is 65.7 Å². The standard InChI is InChI=1S/C21H21NO/c1-3-16-9-12-18(13-10-16)22-15-20-19-8-6-5-7-17(19)11-14-21(20)23-4-2/h5-15H,3-4H2,1-2H3. The molecule has 0 aliphatic rings. The van der Waals surface area contributed by atoms with Crippen LogP contribution in [0.3, 0.4) is 0 Å². The lowest BCUT2D eigenvalue weighted by Gasteiger charge is -2.10. The van der Waals surface area contributed by atoms with E-state index < -0.39 is 0 Å². The van der Waals surface area contributed by atoms with Crippen molar-refractivity contribution < 1.29 is 4.74 Å². The van der Waals surface area contributed by atoms with Crippen molar-refractivity contribution in [1.82, 2.24) is 0 Å². The van der Waals surface area contributed by atoms with Gasteiger partial charge in [-0.3, -0.25) is 4.99 Å². The van der Waals surface area contributed by atoms with Gasteiger partial charge in [0.1, 0.15) is 5.75 Å². The van der Waals surface area contributed by atoms with Gasteiger partial charge in [0.25, 0.3) is 0 Å². The molecule has 0 saturated heterocycles. The fourth-order valence-electron chi connectivity index (χ4n) is 2.65. The average Bonchev–Trinajstić information content (AvgIpc) is 2.61. The summed E-state index contributed by atoms with van der Waals surface area (Å²) in [5.41, 5.74) is 3.31. The molecule has 23 heavy (non-hydrogen) atoms. The largest absolute Gasteiger partial charge is 0.493 e. The van der Waals surface area contributed by atoms with Crippen LogP contribution >= 0.6 is 0 Å². The van der Waals surface area contributed by atoms with E-state index in [9.17, 15) is 0 Å². The molecule has 0 spiro atoms. The van der Waals surface area contributed by atoms with Crippen molar-refractivity contribution in [3.05, 3.63) is 71.8 Å². The lowest BCUT2D eigenvalue weighted by Crippen LogP contribution is -1.97. The van der Waals surface area contributed by atoms with Crippen molar-refractivity contribution >= 4 is 22.7 Å². The van der Waals surface area contributed by atoms with Gasteiger partial charge in [0.05, 0.1) is 12.3 Å². The molecule has 116 valence electrons. The number of fused-ring (bicyclic) bond motifs is 1. The number of ether oxygens (including phenoxy) is 1. The van der Waals surface area contributed by atoms with E-state index in [-0.39, 0.29) is 0 Å². The van der Waals surface area contributed by atoms with Crippen LogP contribution < -0.4 is 4.74 Å². The quantitative estimate of drug-likeness (QED) is 0.566. The van der Waals surface area contributed by atoms with E-state index in [4.69, 9.17) is 4.74 Å². The lowest BCUT2D eigenvalue weighted by atomic mass is 10.0. The SMILES string of the molecule is CCOc1ccc2ccccc2c1C=Nc1ccc(CC)cc1. The Labute approximate surface area is 137 Å². The molecule has 0 N–H and O–H groups in total. The number of nitrogens with zero attached hydrogens (tertiary/aromatic N) is 1. The van der Waals surface area contributed by atoms with E-state index in [1.165, 1.54) is 10.9 Å². The lowest BCUT2D eigenvalue weighted by molar-refractivity contribution is 0.340. The topological polar surface area (TPSA) is 21.6 Å². The molecule has 3 aromatic carbocycles. The molecule has 0 heterocycles. The van der Waals surface area contributed by atoms with E-state index in [2.05, 4.69) is 54.4 Å². The van der Waals surface area contributed by atoms with Crippen LogP contribution in [0, 0.1) is 0 Å². The van der Waals surface area contributed by atoms with Gasteiger partial charge in [-0.05, 0) is 47.9 Å². The first kappa shape index (κ1) is 15.3. The third-order valence-corrected chi connectivity index (χ3v) is 3.92. The van der Waals surface area contributed by atoms with Crippen molar-refractivity contribution in [2.24, 2.45) is 4.99 Å². The van der Waals surface area contributed by atoms with Gasteiger partial charge in [-0.2, -0.15) is 0 Å². The highest BCUT2D eigenvalue weighted by Gasteiger charge is 2.06. The summed E-state index contributed by atoms with van der Waals surface area (Å²) < 4.78 is 5.78. The Hall–Kier alpha value is -2.61. The minimum absolute atomic E-state index is 0.643. The predicted octanol–water partition coefficient (Wildman–Crippen LogP) is 5.55. The Bertz CT molecular complexity index is 819. The summed E-state index contributed by atoms with van der Waals surface area (Å²) in [4.78, 5) is 4.64. The van der Waals surface area contributed by atoms with Gasteiger partial charge in [0, 0.05) is 11.8 Å². The molecular formula is C21H21NO. The summed E-state index contributed by atoms with van der Waals surface area (Å²) in [5.74, 6) is 0.875. The molecule has 3 rings (SSSR count). The molecule has 0 radical (unpaired) electrons. The first-order valence-electron chi connectivity index (χ1n) is 8.09. The Morgan fingerprint density at radius 1 is 0.913 bits per heavy atom. The Morgan fingerprint density at radius 2 is 1.70 bits per heavy atom. The van der Waals surface area contributed by atoms with Gasteiger partial charge < -0.3 is 4.74 Å². The van der Waals surface area contributed by atoms with Crippen molar-refractivity contribution in [1.29, 1.82) is 0 Å². The molecule has 0 aliphatic carbocycles. The molecule has 2 nitrogen and oxygen atoms in total. The summed E-state index contributed by atoms with van der Waals surface area (Å²) >= 11 is 0. The fourth-order valence-corrected chi connectivity index (χ4v) is 2.65. The third kappa shape index (κ3) is 3.42. The molecule has 0 unspecified atom stereocenters. The highest BCUT2D eigenvalue weighted by atomic mass is 16.5. The van der Waals surface area contributed by atoms with Crippen LogP contribution in [0.1, 0.15) is 25.0 Å². The van der Waals surface area contributed by atoms with Crippen molar-refractivity contribution in [2.45, 2.75) is 20.3 Å². The molecule has 3 aromatic rings. The molecule has 0 aromatic heterocycles. The molecule has 2 heteroatoms. The minimum Gasteiger partial charge on any atom is -0.493 e. The zero-order valence-electron chi connectivity index (χ0n) is 13.6. The van der Waals surface area contributed by atoms with E-state index in [1.54, 1.807) is 0 Å². The van der Waals surface area contributed by atoms with Crippen molar-refractivity contribution in [3.63, 3.8) is 0 Å². The Kier molecular flexibility index (Phi) is 4.72. The second kappa shape index (κ2) is 7.10. The summed E-state index contributed by atoms with van der Waals surface area (Å²) in [6, 6.07) is 20.8. The van der Waals surface area contributed by atoms with Gasteiger partial charge in [-0.25, -0.2) is 0 Å². The molecule has 0 fully saturated rings. The Balaban J connectivity index is 2.02. The molecule has 0 saturated carbocycles. The number of hydrogen-bond donors (Lipinski definition) is 0. The molecule has 0 bridgehead atoms. The summed E-state index contributed by atoms with van der Waals surface area (Å²) in [5, 5.41) is 2.35. The first-order valence-corrected chi connectivity index (χ1v) is 8.09. The van der Waals surface area contributed by atoms with Gasteiger partial charge >= 0.3 is 0 Å². The number of aryl methyl sites for hydroxylation is 1. The number of aliphatic imine (C=N–C) groups is 1. The van der Waals surface area contributed by atoms with Crippen molar-refractivity contribution in [2.75, 3.05) is 6.61 Å². The second-order valence-electron chi connectivity index (χ2n) is 5.41. The zero-order valence-corrected chi connectivity index (χ0v) is 13.6. The third-order valence-electron chi connectivity index (χ3n) is 3.92. The summed E-state index contributed by atoms with van der Waals surface area (Å²) in [6.07, 6.45) is 2.95. The zero-order chi connectivity index (χ0) is 16.1. The maximum atomic E-state index is 5.78. The van der Waals surface area contributed by atoms with Crippen LogP contribution in [-0.4, -0.2) is 12.8 Å². The number of hydrogen-bond acceptors (Lipinski definition) is 2. The van der Waals surface area contributed by atoms with Gasteiger partial charge in [0.2, 0.25) is 0 Å². The average molecular weight is 303 g/mol. The summed E-state index contributed by atoms with van der Waals surface area (Å²) in [7, 11) is 0. The fraction of sp³-hybridized carbons (Fsp3) is 0.190. The highest BCUT2D eigenvalue weighted by Crippen LogP contribution is 2.27. The van der Waals surface area contributed by atoms with Gasteiger partial charge in [-0.1, -0.05) is 49.4 Å². The van der Waals surface area contributed by atoms with Gasteiger partial charge in [-0.15, -0.1) is 0 Å². The maximum Gasteiger partial charge on any atom is 0.128 e. The van der Waals surface area contributed by atoms with Crippen LogP contribution in [0.25, 0.3) is 10.8 Å². The second-order valence-corrected chi connectivity index (χ2v) is 5.41. The minimum atomic E-state index is 0.643. The van der Waals surface area contributed by atoms with Crippen LogP contribution in [0.5, 0.6) is 5.75 Å². The van der Waals surface area contributed by atoms with Crippen LogP contribution in [0.2, 0.25) is 0 Å². The van der Waals surface area contributed by atoms with Gasteiger partial charge in [0.15, 0.2) is 0 Å². The maximum absolute atomic E-state index is 5.78. The smallest absolute Gasteiger partial charge is 0.128 e. The van der Waals surface area contributed by atoms with E-state index in [0.29, 0.717) is 6.61 Å². The van der Waals surface area contributed by atoms with E-state index in [0.717, 1.165) is 28.8 Å². The van der Waals surface area contributed by atoms with E-state index >= 15 is 0 Å². The van der Waals surface area contributed by atoms with Crippen LogP contribution in [0.4, 0.5) is 5.69 Å². The predicted molar refractivity (Wildman–Crippen MR) is 98.2 cm³/mol. The number of rotatable bonds is 5. The molecule has 0 atom stereocenters. The highest BCUT2D eigenvalue weighted by molar-refractivity contribution is 6.03. The first-order chi connectivity index (χ1) is 11.3. The summed E-state index contributed by atoms with van der Waals surface area (Å²) in [6.45, 7) is 4.80. The normalized spacial score (nSPS) is 11.2. The van der Waals surface area contributed by atoms with Crippen LogP contribution in [-0.2, 0) is 6.42 Å². The molecule has 0 amide bonds. The monoisotopic (exact) mass is 303 g/mol. The Morgan fingerprint density at radius 3 is 2.43 bits per heavy atom. The molecular weight excluding hydrogens is 282 g/mol. The van der Waals surface area contributed by atoms with E-state index in [1.807, 2.05) is 31.3 Å². The van der Waals surface area contributed by atoms with Crippen molar-refractivity contribution in [3.8, 4) is 5.75 Å². The molecule has 0 aliphatic heterocycles.